The third-order valence-electron chi connectivity index (χ3n) is 1.92. The molecule has 0 fully saturated rings. The van der Waals surface area contributed by atoms with E-state index in [-0.39, 0.29) is 0 Å². The molecule has 0 aromatic carbocycles. The van der Waals surface area contributed by atoms with E-state index >= 15 is 0 Å². The lowest BCUT2D eigenvalue weighted by Gasteiger charge is -2.04. The van der Waals surface area contributed by atoms with E-state index < -0.39 is 0 Å². The summed E-state index contributed by atoms with van der Waals surface area (Å²) in [6, 6.07) is 0. The predicted octanol–water partition coefficient (Wildman–Crippen LogP) is 0.498. The van der Waals surface area contributed by atoms with Crippen molar-refractivity contribution >= 4 is 0 Å². The average molecular weight is 180 g/mol. The summed E-state index contributed by atoms with van der Waals surface area (Å²) in [5.41, 5.74) is 7.47. The van der Waals surface area contributed by atoms with Crippen molar-refractivity contribution in [2.45, 2.75) is 33.1 Å². The summed E-state index contributed by atoms with van der Waals surface area (Å²) in [7, 11) is 0. The van der Waals surface area contributed by atoms with Crippen LogP contribution in [0.25, 0.3) is 0 Å². The fraction of sp³-hybridized carbons (Fsp3) is 0.667. The van der Waals surface area contributed by atoms with Gasteiger partial charge in [-0.2, -0.15) is 5.10 Å². The van der Waals surface area contributed by atoms with Crippen LogP contribution in [0.5, 0.6) is 0 Å². The Hall–Kier alpha value is -1.03. The van der Waals surface area contributed by atoms with E-state index in [1.54, 1.807) is 0 Å². The molecule has 1 heterocycles. The number of nitrogens with two attached hydrogens (primary N) is 1. The van der Waals surface area contributed by atoms with Gasteiger partial charge >= 0.3 is 0 Å². The Balaban J connectivity index is 2.91. The maximum absolute atomic E-state index is 5.41. The summed E-state index contributed by atoms with van der Waals surface area (Å²) in [6.45, 7) is 4.72. The van der Waals surface area contributed by atoms with Gasteiger partial charge in [0.2, 0.25) is 0 Å². The second kappa shape index (κ2) is 4.87. The van der Waals surface area contributed by atoms with Gasteiger partial charge in [-0.05, 0) is 19.4 Å². The summed E-state index contributed by atoms with van der Waals surface area (Å²) in [5.74, 6) is 0.761. The highest BCUT2D eigenvalue weighted by atomic mass is 15.2. The number of hydrogen-bond acceptors (Lipinski definition) is 4. The highest BCUT2D eigenvalue weighted by molar-refractivity contribution is 5.10. The molecule has 0 atom stereocenters. The lowest BCUT2D eigenvalue weighted by atomic mass is 10.2. The molecule has 0 bridgehead atoms. The van der Waals surface area contributed by atoms with E-state index in [0.717, 1.165) is 30.1 Å². The second-order valence-electron chi connectivity index (χ2n) is 2.87. The molecule has 1 rings (SSSR count). The minimum Gasteiger partial charge on any atom is -0.330 e. The molecule has 0 saturated heterocycles. The second-order valence-corrected chi connectivity index (χ2v) is 2.87. The number of rotatable bonds is 4. The maximum Gasteiger partial charge on any atom is 0.152 e. The molecule has 13 heavy (non-hydrogen) atoms. The Morgan fingerprint density at radius 3 is 2.31 bits per heavy atom. The maximum atomic E-state index is 5.41. The molecule has 0 aliphatic carbocycles. The number of nitrogens with zero attached hydrogens (tertiary/aromatic N) is 3. The molecule has 0 unspecified atom stereocenters. The fourth-order valence-corrected chi connectivity index (χ4v) is 1.21. The summed E-state index contributed by atoms with van der Waals surface area (Å²) in [6.07, 6.45) is 2.52. The van der Waals surface area contributed by atoms with Crippen molar-refractivity contribution < 1.29 is 0 Å². The van der Waals surface area contributed by atoms with E-state index in [1.807, 2.05) is 0 Å². The van der Waals surface area contributed by atoms with Gasteiger partial charge in [-0.25, -0.2) is 4.98 Å². The predicted molar refractivity (Wildman–Crippen MR) is 51.3 cm³/mol. The topological polar surface area (TPSA) is 64.7 Å². The van der Waals surface area contributed by atoms with Crippen LogP contribution >= 0.6 is 0 Å². The molecule has 4 nitrogen and oxygen atoms in total. The van der Waals surface area contributed by atoms with Crippen molar-refractivity contribution in [2.75, 3.05) is 6.54 Å². The smallest absolute Gasteiger partial charge is 0.152 e. The first-order valence-electron chi connectivity index (χ1n) is 4.73. The summed E-state index contributed by atoms with van der Waals surface area (Å²) >= 11 is 0. The van der Waals surface area contributed by atoms with Crippen LogP contribution in [-0.4, -0.2) is 21.7 Å². The molecule has 2 N–H and O–H groups in total. The van der Waals surface area contributed by atoms with Gasteiger partial charge in [-0.1, -0.05) is 13.8 Å². The molecule has 1 aromatic heterocycles. The molecule has 0 aliphatic heterocycles. The van der Waals surface area contributed by atoms with Crippen LogP contribution in [0.1, 0.15) is 31.1 Å². The van der Waals surface area contributed by atoms with Crippen LogP contribution in [0.4, 0.5) is 0 Å². The largest absolute Gasteiger partial charge is 0.330 e. The minimum absolute atomic E-state index is 0.580. The van der Waals surface area contributed by atoms with Crippen LogP contribution in [0, 0.1) is 0 Å². The normalized spacial score (nSPS) is 10.4. The van der Waals surface area contributed by atoms with E-state index in [1.165, 1.54) is 0 Å². The van der Waals surface area contributed by atoms with Gasteiger partial charge in [0.15, 0.2) is 5.82 Å². The quantitative estimate of drug-likeness (QED) is 0.732. The Bertz CT molecular complexity index is 272. The molecule has 0 amide bonds. The number of aromatic nitrogens is 3. The van der Waals surface area contributed by atoms with Crippen LogP contribution in [0.3, 0.4) is 0 Å². The third kappa shape index (κ3) is 2.45. The van der Waals surface area contributed by atoms with Crippen molar-refractivity contribution in [3.63, 3.8) is 0 Å². The van der Waals surface area contributed by atoms with Gasteiger partial charge < -0.3 is 5.73 Å². The molecule has 0 spiro atoms. The van der Waals surface area contributed by atoms with Crippen LogP contribution in [-0.2, 0) is 19.3 Å². The van der Waals surface area contributed by atoms with Gasteiger partial charge in [0, 0.05) is 6.42 Å². The van der Waals surface area contributed by atoms with E-state index in [9.17, 15) is 0 Å². The minimum atomic E-state index is 0.580. The number of aryl methyl sites for hydroxylation is 2. The SMILES string of the molecule is CCc1nnc(CCN)nc1CC. The van der Waals surface area contributed by atoms with Crippen molar-refractivity contribution in [1.82, 2.24) is 15.2 Å². The monoisotopic (exact) mass is 180 g/mol. The zero-order valence-corrected chi connectivity index (χ0v) is 8.25. The summed E-state index contributed by atoms with van der Waals surface area (Å²) < 4.78 is 0. The average Bonchev–Trinajstić information content (AvgIpc) is 2.18. The van der Waals surface area contributed by atoms with Crippen LogP contribution in [0.2, 0.25) is 0 Å². The lowest BCUT2D eigenvalue weighted by Crippen LogP contribution is -2.11. The molecular formula is C9H16N4. The first-order valence-corrected chi connectivity index (χ1v) is 4.73. The van der Waals surface area contributed by atoms with E-state index in [4.69, 9.17) is 5.73 Å². The number of hydrogen-bond donors (Lipinski definition) is 1. The van der Waals surface area contributed by atoms with Crippen molar-refractivity contribution in [2.24, 2.45) is 5.73 Å². The molecule has 1 aromatic rings. The van der Waals surface area contributed by atoms with Gasteiger partial charge in [0.25, 0.3) is 0 Å². The van der Waals surface area contributed by atoms with Gasteiger partial charge in [-0.3, -0.25) is 0 Å². The van der Waals surface area contributed by atoms with Crippen LogP contribution in [0.15, 0.2) is 0 Å². The van der Waals surface area contributed by atoms with Gasteiger partial charge in [0.05, 0.1) is 11.4 Å². The molecule has 0 radical (unpaired) electrons. The molecule has 72 valence electrons. The lowest BCUT2D eigenvalue weighted by molar-refractivity contribution is 0.745. The van der Waals surface area contributed by atoms with Gasteiger partial charge in [-0.15, -0.1) is 5.10 Å². The molecule has 0 saturated carbocycles. The van der Waals surface area contributed by atoms with Crippen molar-refractivity contribution in [3.05, 3.63) is 17.2 Å². The first kappa shape index (κ1) is 10.1. The van der Waals surface area contributed by atoms with Gasteiger partial charge in [0.1, 0.15) is 0 Å². The van der Waals surface area contributed by atoms with E-state index in [0.29, 0.717) is 13.0 Å². The fourth-order valence-electron chi connectivity index (χ4n) is 1.21. The molecular weight excluding hydrogens is 164 g/mol. The highest BCUT2D eigenvalue weighted by Gasteiger charge is 2.04. The van der Waals surface area contributed by atoms with E-state index in [2.05, 4.69) is 29.0 Å². The highest BCUT2D eigenvalue weighted by Crippen LogP contribution is 2.03. The Kier molecular flexibility index (Phi) is 3.76. The van der Waals surface area contributed by atoms with Crippen molar-refractivity contribution in [3.8, 4) is 0 Å². The Morgan fingerprint density at radius 1 is 1.08 bits per heavy atom. The molecule has 4 heteroatoms. The third-order valence-corrected chi connectivity index (χ3v) is 1.92. The summed E-state index contributed by atoms with van der Waals surface area (Å²) in [5, 5.41) is 8.13. The zero-order chi connectivity index (χ0) is 9.68. The Labute approximate surface area is 78.6 Å². The standard InChI is InChI=1S/C9H16N4/c1-3-7-8(4-2)12-13-9(11-7)5-6-10/h3-6,10H2,1-2H3. The summed E-state index contributed by atoms with van der Waals surface area (Å²) in [4.78, 5) is 4.40. The first-order chi connectivity index (χ1) is 6.31. The van der Waals surface area contributed by atoms with Crippen molar-refractivity contribution in [1.29, 1.82) is 0 Å². The van der Waals surface area contributed by atoms with Crippen LogP contribution < -0.4 is 5.73 Å². The Morgan fingerprint density at radius 2 is 1.77 bits per heavy atom. The molecule has 0 aliphatic rings. The zero-order valence-electron chi connectivity index (χ0n) is 8.25.